The van der Waals surface area contributed by atoms with Crippen molar-refractivity contribution in [1.29, 1.82) is 0 Å². The molecular formula is C51H27B5N2O. The van der Waals surface area contributed by atoms with Gasteiger partial charge in [-0.05, 0) is 103 Å². The minimum Gasteiger partial charge on any atom is -0.456 e. The van der Waals surface area contributed by atoms with Gasteiger partial charge < -0.3 is 4.42 Å². The first-order valence-electron chi connectivity index (χ1n) is 19.4. The van der Waals surface area contributed by atoms with Crippen molar-refractivity contribution in [3.63, 3.8) is 0 Å². The third kappa shape index (κ3) is 5.47. The van der Waals surface area contributed by atoms with Crippen molar-refractivity contribution in [3.05, 3.63) is 164 Å². The van der Waals surface area contributed by atoms with Gasteiger partial charge in [-0.1, -0.05) is 126 Å². The smallest absolute Gasteiger partial charge is 0.144 e. The van der Waals surface area contributed by atoms with Crippen LogP contribution in [0, 0.1) is 0 Å². The number of benzene rings is 9. The summed E-state index contributed by atoms with van der Waals surface area (Å²) in [6, 6.07) is 57.2. The molecule has 0 atom stereocenters. The average Bonchev–Trinajstić information content (AvgIpc) is 3.85. The molecule has 0 amide bonds. The predicted molar refractivity (Wildman–Crippen MR) is 252 cm³/mol. The highest BCUT2D eigenvalue weighted by atomic mass is 16.3. The van der Waals surface area contributed by atoms with Crippen molar-refractivity contribution in [2.75, 3.05) is 0 Å². The van der Waals surface area contributed by atoms with Gasteiger partial charge in [0.15, 0.2) is 0 Å². The minimum atomic E-state index is 0.157. The largest absolute Gasteiger partial charge is 0.456 e. The standard InChI is InChI=1S/C51H27B5N2O/c52-46-45(47(53)49(55)50(56)48(46)54)51-57-39-18-7-8-19-40(39)58(51)32-14-10-13-30(25-32)43-34-16-4-5-17-35(34)44(38-26-29(21-23-36(38)43)28-11-2-1-3-12-28)31-22-24-42-37(27-31)33-15-6-9-20-41(33)59-42/h1-27H. The Balaban J connectivity index is 1.20. The molecule has 0 bridgehead atoms. The van der Waals surface area contributed by atoms with Crippen LogP contribution in [0.25, 0.3) is 105 Å². The van der Waals surface area contributed by atoms with Crippen LogP contribution in [0.4, 0.5) is 0 Å². The molecule has 0 aliphatic rings. The van der Waals surface area contributed by atoms with Gasteiger partial charge in [0.1, 0.15) is 56.2 Å². The highest BCUT2D eigenvalue weighted by Gasteiger charge is 2.22. The fraction of sp³-hybridized carbons (Fsp3) is 0. The number of aromatic nitrogens is 2. The zero-order valence-corrected chi connectivity index (χ0v) is 31.8. The SMILES string of the molecule is [B]c1c([B])c([B])c(-c2nc3ccccc3n2-c2cccc(-c3c4ccccc4c(-c4ccc5oc6ccccc6c5c4)c4cc(-c5ccccc5)ccc34)c2)c([B])c1[B]. The van der Waals surface area contributed by atoms with Crippen LogP contribution in [0.2, 0.25) is 0 Å². The van der Waals surface area contributed by atoms with E-state index in [-0.39, 0.29) is 27.3 Å². The van der Waals surface area contributed by atoms with Crippen molar-refractivity contribution in [2.24, 2.45) is 0 Å². The Bertz CT molecular complexity index is 3490. The Morgan fingerprint density at radius 1 is 0.373 bits per heavy atom. The maximum Gasteiger partial charge on any atom is 0.144 e. The van der Waals surface area contributed by atoms with Crippen LogP contribution in [0.15, 0.2) is 168 Å². The lowest BCUT2D eigenvalue weighted by atomic mass is 9.60. The Hall–Kier alpha value is -6.91. The van der Waals surface area contributed by atoms with Crippen LogP contribution in [0.3, 0.4) is 0 Å². The van der Waals surface area contributed by atoms with Gasteiger partial charge in [0.2, 0.25) is 0 Å². The minimum absolute atomic E-state index is 0.157. The summed E-state index contributed by atoms with van der Waals surface area (Å²) in [5, 5.41) is 6.70. The molecule has 11 aromatic rings. The summed E-state index contributed by atoms with van der Waals surface area (Å²) >= 11 is 0. The van der Waals surface area contributed by atoms with Gasteiger partial charge >= 0.3 is 0 Å². The Labute approximate surface area is 347 Å². The number of hydrogen-bond donors (Lipinski definition) is 0. The van der Waals surface area contributed by atoms with Crippen molar-refractivity contribution < 1.29 is 4.42 Å². The lowest BCUT2D eigenvalue weighted by Gasteiger charge is -2.22. The van der Waals surface area contributed by atoms with Gasteiger partial charge in [0.25, 0.3) is 0 Å². The molecule has 0 saturated carbocycles. The molecule has 0 unspecified atom stereocenters. The predicted octanol–water partition coefficient (Wildman–Crippen LogP) is 7.87. The lowest BCUT2D eigenvalue weighted by Crippen LogP contribution is -2.55. The fourth-order valence-corrected chi connectivity index (χ4v) is 8.84. The molecule has 0 spiro atoms. The molecule has 0 fully saturated rings. The van der Waals surface area contributed by atoms with Gasteiger partial charge in [-0.2, -0.15) is 0 Å². The van der Waals surface area contributed by atoms with Gasteiger partial charge in [-0.15, -0.1) is 16.4 Å². The first kappa shape index (κ1) is 35.3. The van der Waals surface area contributed by atoms with E-state index in [1.165, 1.54) is 0 Å². The highest BCUT2D eigenvalue weighted by Crippen LogP contribution is 2.46. The molecule has 262 valence electrons. The summed E-state index contributed by atoms with van der Waals surface area (Å²) < 4.78 is 8.33. The molecule has 9 aromatic carbocycles. The molecule has 59 heavy (non-hydrogen) atoms. The van der Waals surface area contributed by atoms with E-state index in [0.717, 1.165) is 93.6 Å². The van der Waals surface area contributed by atoms with E-state index in [2.05, 4.69) is 126 Å². The molecule has 0 aliphatic carbocycles. The van der Waals surface area contributed by atoms with E-state index >= 15 is 0 Å². The van der Waals surface area contributed by atoms with E-state index in [1.807, 2.05) is 42.5 Å². The Kier molecular flexibility index (Phi) is 8.13. The molecule has 2 heterocycles. The van der Waals surface area contributed by atoms with Crippen molar-refractivity contribution in [2.45, 2.75) is 0 Å². The molecule has 0 saturated heterocycles. The van der Waals surface area contributed by atoms with E-state index in [4.69, 9.17) is 48.6 Å². The van der Waals surface area contributed by atoms with Gasteiger partial charge in [0.05, 0.1) is 11.0 Å². The number of fused-ring (bicyclic) bond motifs is 6. The Morgan fingerprint density at radius 2 is 0.932 bits per heavy atom. The number of furan rings is 1. The molecule has 10 radical (unpaired) electrons. The average molecular weight is 738 g/mol. The monoisotopic (exact) mass is 738 g/mol. The van der Waals surface area contributed by atoms with Crippen LogP contribution < -0.4 is 27.3 Å². The number of hydrogen-bond acceptors (Lipinski definition) is 2. The molecule has 8 heteroatoms. The van der Waals surface area contributed by atoms with E-state index in [0.29, 0.717) is 11.4 Å². The number of rotatable bonds is 5. The van der Waals surface area contributed by atoms with Crippen LogP contribution >= 0.6 is 0 Å². The summed E-state index contributed by atoms with van der Waals surface area (Å²) in [6.07, 6.45) is 0. The lowest BCUT2D eigenvalue weighted by molar-refractivity contribution is 0.669. The maximum absolute atomic E-state index is 6.67. The summed E-state index contributed by atoms with van der Waals surface area (Å²) in [5.41, 5.74) is 12.3. The zero-order chi connectivity index (χ0) is 39.9. The normalized spacial score (nSPS) is 11.7. The summed E-state index contributed by atoms with van der Waals surface area (Å²) in [7, 11) is 32.4. The summed E-state index contributed by atoms with van der Waals surface area (Å²) in [5.74, 6) is 0.511. The second kappa shape index (κ2) is 13.6. The highest BCUT2D eigenvalue weighted by molar-refractivity contribution is 6.68. The molecule has 0 N–H and O–H groups in total. The first-order valence-corrected chi connectivity index (χ1v) is 19.4. The van der Waals surface area contributed by atoms with Crippen LogP contribution in [0.5, 0.6) is 0 Å². The summed E-state index contributed by atoms with van der Waals surface area (Å²) in [6.45, 7) is 0. The second-order valence-electron chi connectivity index (χ2n) is 15.0. The molecular weight excluding hydrogens is 711 g/mol. The van der Waals surface area contributed by atoms with Crippen LogP contribution in [-0.4, -0.2) is 48.8 Å². The fourth-order valence-electron chi connectivity index (χ4n) is 8.84. The van der Waals surface area contributed by atoms with Gasteiger partial charge in [-0.25, -0.2) is 4.98 Å². The third-order valence-corrected chi connectivity index (χ3v) is 11.7. The molecule has 0 aliphatic heterocycles. The number of imidazole rings is 1. The van der Waals surface area contributed by atoms with Crippen LogP contribution in [-0.2, 0) is 0 Å². The topological polar surface area (TPSA) is 31.0 Å². The second-order valence-corrected chi connectivity index (χ2v) is 15.0. The van der Waals surface area contributed by atoms with Crippen molar-refractivity contribution in [1.82, 2.24) is 9.55 Å². The third-order valence-electron chi connectivity index (χ3n) is 11.7. The number of nitrogens with zero attached hydrogens (tertiary/aromatic N) is 2. The quantitative estimate of drug-likeness (QED) is 0.133. The van der Waals surface area contributed by atoms with E-state index in [1.54, 1.807) is 0 Å². The van der Waals surface area contributed by atoms with Gasteiger partial charge in [-0.3, -0.25) is 4.57 Å². The van der Waals surface area contributed by atoms with Gasteiger partial charge in [0, 0.05) is 22.0 Å². The number of para-hydroxylation sites is 3. The van der Waals surface area contributed by atoms with Crippen molar-refractivity contribution in [3.8, 4) is 50.5 Å². The van der Waals surface area contributed by atoms with Crippen LogP contribution in [0.1, 0.15) is 0 Å². The zero-order valence-electron chi connectivity index (χ0n) is 31.8. The van der Waals surface area contributed by atoms with E-state index in [9.17, 15) is 0 Å². The first-order chi connectivity index (χ1) is 28.9. The van der Waals surface area contributed by atoms with E-state index < -0.39 is 0 Å². The van der Waals surface area contributed by atoms with Crippen molar-refractivity contribution >= 4 is 121 Å². The molecule has 2 aromatic heterocycles. The maximum atomic E-state index is 6.67. The summed E-state index contributed by atoms with van der Waals surface area (Å²) in [4.78, 5) is 5.06. The molecule has 3 nitrogen and oxygen atoms in total. The Morgan fingerprint density at radius 3 is 1.71 bits per heavy atom. The molecule has 11 rings (SSSR count).